The molecule has 5 nitrogen and oxygen atoms in total. The summed E-state index contributed by atoms with van der Waals surface area (Å²) < 4.78 is 80.2. The van der Waals surface area contributed by atoms with Gasteiger partial charge in [-0.1, -0.05) is 0 Å². The summed E-state index contributed by atoms with van der Waals surface area (Å²) in [6.45, 7) is 1.42. The number of carbonyl (C=O) groups is 1. The van der Waals surface area contributed by atoms with Crippen molar-refractivity contribution in [1.82, 2.24) is 15.1 Å². The molecular weight excluding hydrogens is 416 g/mol. The molecule has 0 radical (unpaired) electrons. The molecule has 0 aliphatic carbocycles. The first-order valence-corrected chi connectivity index (χ1v) is 8.44. The molecule has 0 saturated heterocycles. The van der Waals surface area contributed by atoms with Crippen molar-refractivity contribution in [3.63, 3.8) is 0 Å². The topological polar surface area (TPSA) is 66.1 Å². The summed E-state index contributed by atoms with van der Waals surface area (Å²) >= 11 is 0. The van der Waals surface area contributed by atoms with E-state index >= 15 is 0 Å². The Balaban J connectivity index is 2.03. The molecule has 1 heterocycles. The minimum absolute atomic E-state index is 0.0236. The van der Waals surface area contributed by atoms with E-state index in [1.54, 1.807) is 0 Å². The van der Waals surface area contributed by atoms with Crippen LogP contribution in [-0.2, 0) is 0 Å². The van der Waals surface area contributed by atoms with E-state index in [1.807, 2.05) is 0 Å². The molecule has 0 fully saturated rings. The van der Waals surface area contributed by atoms with Gasteiger partial charge in [0.2, 0.25) is 0 Å². The molecule has 0 saturated carbocycles. The predicted molar refractivity (Wildman–Crippen MR) is 94.1 cm³/mol. The first-order chi connectivity index (χ1) is 14.0. The van der Waals surface area contributed by atoms with Crippen LogP contribution in [0.1, 0.15) is 41.0 Å². The monoisotopic (exact) mass is 429 g/mol. The highest BCUT2D eigenvalue weighted by Crippen LogP contribution is 2.29. The van der Waals surface area contributed by atoms with Gasteiger partial charge in [-0.15, -0.1) is 0 Å². The lowest BCUT2D eigenvalue weighted by Gasteiger charge is -2.25. The number of aromatic amines is 1. The van der Waals surface area contributed by atoms with Crippen LogP contribution in [0.2, 0.25) is 0 Å². The maximum absolute atomic E-state index is 13.8. The van der Waals surface area contributed by atoms with E-state index in [9.17, 15) is 35.9 Å². The number of amides is 1. The highest BCUT2D eigenvalue weighted by atomic mass is 19.3. The molecule has 1 amide bonds. The van der Waals surface area contributed by atoms with Gasteiger partial charge in [-0.25, -0.2) is 31.4 Å². The molecular formula is C19H13F6N3O2. The average molecular weight is 429 g/mol. The summed E-state index contributed by atoms with van der Waals surface area (Å²) in [6, 6.07) is 1.39. The molecule has 158 valence electrons. The Morgan fingerprint density at radius 1 is 0.967 bits per heavy atom. The standard InChI is InChI=1S/C19H13F6N3O2/c1-7(16-9-5-11(20)12(21)6-10(9)18(29)27-26-16)28(2)19(30)8-3-13(22)15(17(24)25)14(23)4-8/h3-7,17H,1-2H3,(H,27,29)/t7-/m0/s1. The summed E-state index contributed by atoms with van der Waals surface area (Å²) in [7, 11) is 1.22. The average Bonchev–Trinajstić information content (AvgIpc) is 2.67. The van der Waals surface area contributed by atoms with Crippen molar-refractivity contribution in [1.29, 1.82) is 0 Å². The van der Waals surface area contributed by atoms with E-state index in [-0.39, 0.29) is 16.5 Å². The van der Waals surface area contributed by atoms with E-state index in [4.69, 9.17) is 0 Å². The summed E-state index contributed by atoms with van der Waals surface area (Å²) in [5, 5.41) is 5.59. The van der Waals surface area contributed by atoms with Gasteiger partial charge in [0, 0.05) is 18.0 Å². The van der Waals surface area contributed by atoms with Gasteiger partial charge >= 0.3 is 0 Å². The lowest BCUT2D eigenvalue weighted by Crippen LogP contribution is -2.31. The Kier molecular flexibility index (Phi) is 5.55. The zero-order valence-electron chi connectivity index (χ0n) is 15.4. The molecule has 3 aromatic rings. The number of nitrogens with zero attached hydrogens (tertiary/aromatic N) is 2. The fourth-order valence-corrected chi connectivity index (χ4v) is 2.98. The first-order valence-electron chi connectivity index (χ1n) is 8.44. The van der Waals surface area contributed by atoms with Gasteiger partial charge in [0.1, 0.15) is 11.6 Å². The maximum atomic E-state index is 13.8. The van der Waals surface area contributed by atoms with Crippen molar-refractivity contribution < 1.29 is 31.1 Å². The highest BCUT2D eigenvalue weighted by Gasteiger charge is 2.27. The van der Waals surface area contributed by atoms with Crippen molar-refractivity contribution >= 4 is 16.7 Å². The van der Waals surface area contributed by atoms with E-state index in [0.29, 0.717) is 18.2 Å². The molecule has 0 aliphatic rings. The van der Waals surface area contributed by atoms with Gasteiger partial charge in [0.15, 0.2) is 11.6 Å². The van der Waals surface area contributed by atoms with Crippen LogP contribution in [0.5, 0.6) is 0 Å². The summed E-state index contributed by atoms with van der Waals surface area (Å²) in [5.41, 5.74) is -2.81. The van der Waals surface area contributed by atoms with Gasteiger partial charge < -0.3 is 4.90 Å². The second-order valence-corrected chi connectivity index (χ2v) is 6.50. The number of hydrogen-bond donors (Lipinski definition) is 1. The van der Waals surface area contributed by atoms with Crippen molar-refractivity contribution in [3.05, 3.63) is 74.7 Å². The van der Waals surface area contributed by atoms with Gasteiger partial charge in [-0.05, 0) is 31.2 Å². The molecule has 11 heteroatoms. The van der Waals surface area contributed by atoms with E-state index < -0.39 is 58.3 Å². The smallest absolute Gasteiger partial charge is 0.272 e. The van der Waals surface area contributed by atoms with Crippen molar-refractivity contribution in [3.8, 4) is 0 Å². The summed E-state index contributed by atoms with van der Waals surface area (Å²) in [4.78, 5) is 25.5. The summed E-state index contributed by atoms with van der Waals surface area (Å²) in [5.74, 6) is -6.62. The molecule has 0 spiro atoms. The van der Waals surface area contributed by atoms with Gasteiger partial charge in [0.25, 0.3) is 17.9 Å². The molecule has 1 aromatic heterocycles. The van der Waals surface area contributed by atoms with Crippen LogP contribution in [0.3, 0.4) is 0 Å². The number of halogens is 6. The normalized spacial score (nSPS) is 12.4. The van der Waals surface area contributed by atoms with Crippen molar-refractivity contribution in [2.24, 2.45) is 0 Å². The molecule has 2 aromatic carbocycles. The third-order valence-corrected chi connectivity index (χ3v) is 4.70. The van der Waals surface area contributed by atoms with E-state index in [1.165, 1.54) is 14.0 Å². The van der Waals surface area contributed by atoms with Gasteiger partial charge in [-0.2, -0.15) is 5.10 Å². The second kappa shape index (κ2) is 7.81. The van der Waals surface area contributed by atoms with Gasteiger partial charge in [-0.3, -0.25) is 9.59 Å². The lowest BCUT2D eigenvalue weighted by molar-refractivity contribution is 0.0738. The Morgan fingerprint density at radius 2 is 1.50 bits per heavy atom. The lowest BCUT2D eigenvalue weighted by atomic mass is 10.0. The van der Waals surface area contributed by atoms with Crippen molar-refractivity contribution in [2.45, 2.75) is 19.4 Å². The number of rotatable bonds is 4. The highest BCUT2D eigenvalue weighted by molar-refractivity contribution is 5.95. The largest absolute Gasteiger partial charge is 0.333 e. The van der Waals surface area contributed by atoms with Crippen LogP contribution in [0.25, 0.3) is 10.8 Å². The quantitative estimate of drug-likeness (QED) is 0.631. The molecule has 0 aliphatic heterocycles. The maximum Gasteiger partial charge on any atom is 0.272 e. The Bertz CT molecular complexity index is 1190. The number of benzene rings is 2. The van der Waals surface area contributed by atoms with Crippen molar-refractivity contribution in [2.75, 3.05) is 7.05 Å². The van der Waals surface area contributed by atoms with E-state index in [0.717, 1.165) is 11.0 Å². The number of carbonyl (C=O) groups excluding carboxylic acids is 1. The fourth-order valence-electron chi connectivity index (χ4n) is 2.98. The molecule has 0 bridgehead atoms. The second-order valence-electron chi connectivity index (χ2n) is 6.50. The van der Waals surface area contributed by atoms with Gasteiger partial charge in [0.05, 0.1) is 22.7 Å². The molecule has 1 atom stereocenters. The minimum atomic E-state index is -3.40. The number of alkyl halides is 2. The molecule has 30 heavy (non-hydrogen) atoms. The number of hydrogen-bond acceptors (Lipinski definition) is 3. The Morgan fingerprint density at radius 3 is 2.03 bits per heavy atom. The summed E-state index contributed by atoms with van der Waals surface area (Å²) in [6.07, 6.45) is -3.40. The SMILES string of the molecule is C[C@@H](c1n[nH]c(=O)c2cc(F)c(F)cc12)N(C)C(=O)c1cc(F)c(C(F)F)c(F)c1. The van der Waals surface area contributed by atoms with Crippen LogP contribution in [0.15, 0.2) is 29.1 Å². The van der Waals surface area contributed by atoms with Crippen LogP contribution in [0.4, 0.5) is 26.3 Å². The fraction of sp³-hybridized carbons (Fsp3) is 0.211. The number of fused-ring (bicyclic) bond motifs is 1. The number of nitrogens with one attached hydrogen (secondary N) is 1. The minimum Gasteiger partial charge on any atom is -0.333 e. The third-order valence-electron chi connectivity index (χ3n) is 4.70. The molecule has 3 rings (SSSR count). The molecule has 0 unspecified atom stereocenters. The zero-order chi connectivity index (χ0) is 22.3. The molecule has 1 N–H and O–H groups in total. The van der Waals surface area contributed by atoms with E-state index in [2.05, 4.69) is 10.2 Å². The van der Waals surface area contributed by atoms with Crippen LogP contribution in [0, 0.1) is 23.3 Å². The van der Waals surface area contributed by atoms with Crippen LogP contribution < -0.4 is 5.56 Å². The Hall–Kier alpha value is -3.37. The van der Waals surface area contributed by atoms with Crippen LogP contribution >= 0.6 is 0 Å². The first kappa shape index (κ1) is 21.3. The van der Waals surface area contributed by atoms with Crippen LogP contribution in [-0.4, -0.2) is 28.1 Å². The Labute approximate surface area is 164 Å². The third kappa shape index (κ3) is 3.62. The predicted octanol–water partition coefficient (Wildman–Crippen LogP) is 4.25. The number of H-pyrrole nitrogens is 1. The zero-order valence-corrected chi connectivity index (χ0v) is 15.4. The number of aromatic nitrogens is 2.